The van der Waals surface area contributed by atoms with Crippen molar-refractivity contribution in [1.29, 1.82) is 0 Å². The third kappa shape index (κ3) is 3.61. The minimum atomic E-state index is 0.00206. The van der Waals surface area contributed by atoms with E-state index in [9.17, 15) is 4.79 Å². The maximum absolute atomic E-state index is 12.5. The minimum Gasteiger partial charge on any atom is -0.489 e. The fraction of sp³-hybridized carbons (Fsp3) is 0.409. The average Bonchev–Trinajstić information content (AvgIpc) is 3.27. The summed E-state index contributed by atoms with van der Waals surface area (Å²) in [4.78, 5) is 12.5. The van der Waals surface area contributed by atoms with E-state index in [1.807, 2.05) is 54.6 Å². The monoisotopic (exact) mass is 350 g/mol. The van der Waals surface area contributed by atoms with E-state index in [4.69, 9.17) is 10.5 Å². The van der Waals surface area contributed by atoms with E-state index in [0.29, 0.717) is 25.0 Å². The van der Waals surface area contributed by atoms with E-state index >= 15 is 0 Å². The second-order valence-corrected chi connectivity index (χ2v) is 7.57. The Hall–Kier alpha value is -2.33. The lowest BCUT2D eigenvalue weighted by atomic mass is 9.84. The number of hydrogen-bond donors (Lipinski definition) is 2. The van der Waals surface area contributed by atoms with Crippen molar-refractivity contribution in [3.8, 4) is 5.75 Å². The highest BCUT2D eigenvalue weighted by Crippen LogP contribution is 2.47. The van der Waals surface area contributed by atoms with Crippen molar-refractivity contribution in [2.75, 3.05) is 0 Å². The van der Waals surface area contributed by atoms with Gasteiger partial charge in [-0.25, -0.2) is 0 Å². The molecule has 2 fully saturated rings. The Balaban J connectivity index is 1.27. The summed E-state index contributed by atoms with van der Waals surface area (Å²) in [6.45, 7) is 1.09. The summed E-state index contributed by atoms with van der Waals surface area (Å²) in [5.74, 6) is 2.00. The van der Waals surface area contributed by atoms with Crippen molar-refractivity contribution in [2.45, 2.75) is 38.5 Å². The third-order valence-corrected chi connectivity index (χ3v) is 5.92. The molecule has 0 heterocycles. The predicted molar refractivity (Wildman–Crippen MR) is 101 cm³/mol. The van der Waals surface area contributed by atoms with E-state index in [1.54, 1.807) is 0 Å². The van der Waals surface area contributed by atoms with Crippen LogP contribution in [-0.4, -0.2) is 11.9 Å². The van der Waals surface area contributed by atoms with Gasteiger partial charge in [-0.3, -0.25) is 4.79 Å². The largest absolute Gasteiger partial charge is 0.489 e. The first kappa shape index (κ1) is 17.1. The van der Waals surface area contributed by atoms with E-state index in [2.05, 4.69) is 5.32 Å². The normalized spacial score (nSPS) is 26.7. The molecule has 2 aliphatic carbocycles. The topological polar surface area (TPSA) is 64.4 Å². The van der Waals surface area contributed by atoms with Crippen LogP contribution in [0.2, 0.25) is 0 Å². The van der Waals surface area contributed by atoms with Crippen LogP contribution >= 0.6 is 0 Å². The first-order chi connectivity index (χ1) is 12.7. The summed E-state index contributed by atoms with van der Waals surface area (Å²) in [7, 11) is 0. The highest BCUT2D eigenvalue weighted by Gasteiger charge is 2.48. The number of nitrogens with two attached hydrogens (primary N) is 1. The summed E-state index contributed by atoms with van der Waals surface area (Å²) < 4.78 is 5.80. The molecule has 2 saturated carbocycles. The lowest BCUT2D eigenvalue weighted by molar-refractivity contribution is -0.127. The first-order valence-electron chi connectivity index (χ1n) is 9.49. The Bertz CT molecular complexity index is 742. The number of rotatable bonds is 6. The van der Waals surface area contributed by atoms with E-state index in [-0.39, 0.29) is 17.9 Å². The number of carbonyl (C=O) groups is 1. The molecule has 4 atom stereocenters. The molecule has 4 nitrogen and oxygen atoms in total. The summed E-state index contributed by atoms with van der Waals surface area (Å²) >= 11 is 0. The average molecular weight is 350 g/mol. The first-order valence-corrected chi connectivity index (χ1v) is 9.49. The highest BCUT2D eigenvalue weighted by atomic mass is 16.5. The smallest absolute Gasteiger partial charge is 0.225 e. The number of carbonyl (C=O) groups excluding carboxylic acids is 1. The van der Waals surface area contributed by atoms with Crippen molar-refractivity contribution in [3.05, 3.63) is 65.7 Å². The van der Waals surface area contributed by atoms with Crippen molar-refractivity contribution < 1.29 is 9.53 Å². The number of amides is 1. The fourth-order valence-electron chi connectivity index (χ4n) is 4.48. The molecule has 1 amide bonds. The highest BCUT2D eigenvalue weighted by molar-refractivity contribution is 5.80. The number of hydrogen-bond acceptors (Lipinski definition) is 3. The number of benzene rings is 2. The molecule has 4 unspecified atom stereocenters. The molecule has 2 aliphatic rings. The molecule has 0 saturated heterocycles. The van der Waals surface area contributed by atoms with Crippen molar-refractivity contribution >= 4 is 5.91 Å². The summed E-state index contributed by atoms with van der Waals surface area (Å²) in [5.41, 5.74) is 8.47. The molecule has 2 bridgehead atoms. The van der Waals surface area contributed by atoms with Gasteiger partial charge >= 0.3 is 0 Å². The molecule has 0 radical (unpaired) electrons. The molecule has 4 heteroatoms. The second-order valence-electron chi connectivity index (χ2n) is 7.57. The Morgan fingerprint density at radius 1 is 1.00 bits per heavy atom. The standard InChI is InChI=1S/C22H26N2O2/c23-21-18-9-8-17(12-18)20(21)22(25)24-13-15-6-10-19(11-7-15)26-14-16-4-2-1-3-5-16/h1-7,10-11,17-18,20-21H,8-9,12-14,23H2,(H,24,25). The summed E-state index contributed by atoms with van der Waals surface area (Å²) in [5, 5.41) is 3.07. The van der Waals surface area contributed by atoms with Gasteiger partial charge in [0.15, 0.2) is 0 Å². The molecular weight excluding hydrogens is 324 g/mol. The van der Waals surface area contributed by atoms with Gasteiger partial charge in [-0.1, -0.05) is 42.5 Å². The van der Waals surface area contributed by atoms with Gasteiger partial charge < -0.3 is 15.8 Å². The molecule has 0 aromatic heterocycles. The van der Waals surface area contributed by atoms with Gasteiger partial charge in [0, 0.05) is 12.6 Å². The lowest BCUT2D eigenvalue weighted by Gasteiger charge is -2.27. The lowest BCUT2D eigenvalue weighted by Crippen LogP contribution is -2.45. The van der Waals surface area contributed by atoms with Crippen molar-refractivity contribution in [1.82, 2.24) is 5.32 Å². The van der Waals surface area contributed by atoms with Crippen molar-refractivity contribution in [2.24, 2.45) is 23.5 Å². The number of fused-ring (bicyclic) bond motifs is 2. The van der Waals surface area contributed by atoms with Crippen LogP contribution in [0.25, 0.3) is 0 Å². The Morgan fingerprint density at radius 3 is 2.42 bits per heavy atom. The molecular formula is C22H26N2O2. The van der Waals surface area contributed by atoms with E-state index in [1.165, 1.54) is 6.42 Å². The SMILES string of the molecule is NC1C2CCC(C2)C1C(=O)NCc1ccc(OCc2ccccc2)cc1. The molecule has 26 heavy (non-hydrogen) atoms. The van der Waals surface area contributed by atoms with Gasteiger partial charge in [0.2, 0.25) is 5.91 Å². The van der Waals surface area contributed by atoms with Gasteiger partial charge in [-0.05, 0) is 54.4 Å². The molecule has 136 valence electrons. The van der Waals surface area contributed by atoms with Crippen LogP contribution < -0.4 is 15.8 Å². The summed E-state index contributed by atoms with van der Waals surface area (Å²) in [6, 6.07) is 18.1. The minimum absolute atomic E-state index is 0.00206. The zero-order valence-corrected chi connectivity index (χ0v) is 14.9. The predicted octanol–water partition coefficient (Wildman–Crippen LogP) is 3.26. The number of ether oxygens (including phenoxy) is 1. The zero-order valence-electron chi connectivity index (χ0n) is 14.9. The van der Waals surface area contributed by atoms with Crippen LogP contribution in [0.15, 0.2) is 54.6 Å². The van der Waals surface area contributed by atoms with Gasteiger partial charge in [0.25, 0.3) is 0 Å². The van der Waals surface area contributed by atoms with Gasteiger partial charge in [-0.2, -0.15) is 0 Å². The van der Waals surface area contributed by atoms with Crippen LogP contribution in [0.3, 0.4) is 0 Å². The second kappa shape index (κ2) is 7.50. The van der Waals surface area contributed by atoms with Crippen LogP contribution in [0.1, 0.15) is 30.4 Å². The molecule has 0 aliphatic heterocycles. The van der Waals surface area contributed by atoms with Gasteiger partial charge in [-0.15, -0.1) is 0 Å². The number of nitrogens with one attached hydrogen (secondary N) is 1. The van der Waals surface area contributed by atoms with Crippen LogP contribution in [0.4, 0.5) is 0 Å². The Morgan fingerprint density at radius 2 is 1.73 bits per heavy atom. The Kier molecular flexibility index (Phi) is 4.93. The molecule has 3 N–H and O–H groups in total. The summed E-state index contributed by atoms with van der Waals surface area (Å²) in [6.07, 6.45) is 3.48. The van der Waals surface area contributed by atoms with Gasteiger partial charge in [0.1, 0.15) is 12.4 Å². The van der Waals surface area contributed by atoms with Crippen molar-refractivity contribution in [3.63, 3.8) is 0 Å². The molecule has 0 spiro atoms. The maximum atomic E-state index is 12.5. The molecule has 2 aromatic carbocycles. The van der Waals surface area contributed by atoms with Crippen LogP contribution in [0, 0.1) is 17.8 Å². The van der Waals surface area contributed by atoms with Crippen LogP contribution in [0.5, 0.6) is 5.75 Å². The maximum Gasteiger partial charge on any atom is 0.225 e. The van der Waals surface area contributed by atoms with Gasteiger partial charge in [0.05, 0.1) is 5.92 Å². The van der Waals surface area contributed by atoms with E-state index < -0.39 is 0 Å². The quantitative estimate of drug-likeness (QED) is 0.840. The zero-order chi connectivity index (χ0) is 17.9. The molecule has 4 rings (SSSR count). The molecule has 2 aromatic rings. The van der Waals surface area contributed by atoms with Crippen LogP contribution in [-0.2, 0) is 17.9 Å². The Labute approximate surface area is 154 Å². The third-order valence-electron chi connectivity index (χ3n) is 5.92. The van der Waals surface area contributed by atoms with E-state index in [0.717, 1.165) is 29.7 Å². The fourth-order valence-corrected chi connectivity index (χ4v) is 4.48.